The fourth-order valence-electron chi connectivity index (χ4n) is 1.79. The van der Waals surface area contributed by atoms with Gasteiger partial charge in [-0.1, -0.05) is 38.1 Å². The van der Waals surface area contributed by atoms with E-state index >= 15 is 0 Å². The maximum Gasteiger partial charge on any atom is -0.00232 e. The summed E-state index contributed by atoms with van der Waals surface area (Å²) in [6, 6.07) is 8.69. The van der Waals surface area contributed by atoms with Crippen molar-refractivity contribution in [2.45, 2.75) is 33.6 Å². The normalized spacial score (nSPS) is 12.7. The number of hydrogen-bond acceptors (Lipinski definition) is 1. The zero-order valence-electron chi connectivity index (χ0n) is 10.2. The molecular weight excluding hydrogens is 182 g/mol. The van der Waals surface area contributed by atoms with Crippen molar-refractivity contribution in [3.63, 3.8) is 0 Å². The van der Waals surface area contributed by atoms with Gasteiger partial charge >= 0.3 is 0 Å². The maximum absolute atomic E-state index is 3.40. The van der Waals surface area contributed by atoms with Gasteiger partial charge in [-0.15, -0.1) is 0 Å². The van der Waals surface area contributed by atoms with Crippen LogP contribution in [0.5, 0.6) is 0 Å². The van der Waals surface area contributed by atoms with Crippen LogP contribution in [0.15, 0.2) is 24.3 Å². The molecule has 0 saturated heterocycles. The molecule has 1 heteroatoms. The molecule has 1 N–H and O–H groups in total. The average Bonchev–Trinajstić information content (AvgIpc) is 2.25. The van der Waals surface area contributed by atoms with Gasteiger partial charge in [-0.25, -0.2) is 0 Å². The van der Waals surface area contributed by atoms with Crippen LogP contribution in [-0.4, -0.2) is 13.1 Å². The van der Waals surface area contributed by atoms with E-state index in [1.807, 2.05) is 0 Å². The molecular formula is C14H23N. The van der Waals surface area contributed by atoms with Crippen LogP contribution in [0.2, 0.25) is 0 Å². The molecule has 0 saturated carbocycles. The predicted molar refractivity (Wildman–Crippen MR) is 67.2 cm³/mol. The van der Waals surface area contributed by atoms with Gasteiger partial charge in [0.15, 0.2) is 0 Å². The Hall–Kier alpha value is -0.820. The van der Waals surface area contributed by atoms with Crippen molar-refractivity contribution in [3.05, 3.63) is 35.4 Å². The SMILES string of the molecule is CCNCC(C)CCc1ccccc1C. The Kier molecular flexibility index (Phi) is 5.41. The number of rotatable bonds is 6. The molecule has 1 atom stereocenters. The Bertz CT molecular complexity index is 280. The third-order valence-corrected chi connectivity index (χ3v) is 2.91. The molecule has 0 spiro atoms. The summed E-state index contributed by atoms with van der Waals surface area (Å²) in [7, 11) is 0. The van der Waals surface area contributed by atoms with Crippen molar-refractivity contribution in [1.29, 1.82) is 0 Å². The van der Waals surface area contributed by atoms with Gasteiger partial charge < -0.3 is 5.32 Å². The summed E-state index contributed by atoms with van der Waals surface area (Å²) in [5.74, 6) is 0.768. The Morgan fingerprint density at radius 3 is 2.67 bits per heavy atom. The van der Waals surface area contributed by atoms with Gasteiger partial charge in [0, 0.05) is 0 Å². The first-order chi connectivity index (χ1) is 7.24. The lowest BCUT2D eigenvalue weighted by atomic mass is 9.98. The highest BCUT2D eigenvalue weighted by atomic mass is 14.8. The van der Waals surface area contributed by atoms with Crippen LogP contribution < -0.4 is 5.32 Å². The van der Waals surface area contributed by atoms with Crippen LogP contribution in [0.4, 0.5) is 0 Å². The quantitative estimate of drug-likeness (QED) is 0.752. The largest absolute Gasteiger partial charge is 0.317 e. The first-order valence-corrected chi connectivity index (χ1v) is 5.99. The smallest absolute Gasteiger partial charge is 0.00232 e. The lowest BCUT2D eigenvalue weighted by Gasteiger charge is -2.12. The lowest BCUT2D eigenvalue weighted by Crippen LogP contribution is -2.20. The van der Waals surface area contributed by atoms with Crippen molar-refractivity contribution in [2.24, 2.45) is 5.92 Å². The van der Waals surface area contributed by atoms with E-state index in [1.54, 1.807) is 0 Å². The molecule has 84 valence electrons. The summed E-state index contributed by atoms with van der Waals surface area (Å²) in [5, 5.41) is 3.40. The Balaban J connectivity index is 2.33. The molecule has 0 aliphatic heterocycles. The van der Waals surface area contributed by atoms with E-state index in [2.05, 4.69) is 50.4 Å². The zero-order chi connectivity index (χ0) is 11.1. The predicted octanol–water partition coefficient (Wildman–Crippen LogP) is 3.17. The molecule has 1 unspecified atom stereocenters. The van der Waals surface area contributed by atoms with Gasteiger partial charge in [0.25, 0.3) is 0 Å². The van der Waals surface area contributed by atoms with Gasteiger partial charge in [-0.3, -0.25) is 0 Å². The molecule has 15 heavy (non-hydrogen) atoms. The first-order valence-electron chi connectivity index (χ1n) is 5.99. The third kappa shape index (κ3) is 4.48. The number of nitrogens with one attached hydrogen (secondary N) is 1. The summed E-state index contributed by atoms with van der Waals surface area (Å²) in [6.45, 7) is 8.90. The van der Waals surface area contributed by atoms with Crippen LogP contribution in [0.25, 0.3) is 0 Å². The summed E-state index contributed by atoms with van der Waals surface area (Å²) in [6.07, 6.45) is 2.48. The van der Waals surface area contributed by atoms with E-state index in [1.165, 1.54) is 24.0 Å². The first kappa shape index (κ1) is 12.3. The summed E-state index contributed by atoms with van der Waals surface area (Å²) in [4.78, 5) is 0. The summed E-state index contributed by atoms with van der Waals surface area (Å²) in [5.41, 5.74) is 2.92. The molecule has 0 fully saturated rings. The fraction of sp³-hybridized carbons (Fsp3) is 0.571. The van der Waals surface area contributed by atoms with Crippen molar-refractivity contribution >= 4 is 0 Å². The minimum atomic E-state index is 0.768. The Morgan fingerprint density at radius 1 is 1.27 bits per heavy atom. The van der Waals surface area contributed by atoms with Gasteiger partial charge in [0.2, 0.25) is 0 Å². The zero-order valence-corrected chi connectivity index (χ0v) is 10.2. The van der Waals surface area contributed by atoms with Gasteiger partial charge in [-0.05, 0) is 49.9 Å². The van der Waals surface area contributed by atoms with E-state index in [9.17, 15) is 0 Å². The van der Waals surface area contributed by atoms with Crippen LogP contribution in [0, 0.1) is 12.8 Å². The Morgan fingerprint density at radius 2 is 2.00 bits per heavy atom. The fourth-order valence-corrected chi connectivity index (χ4v) is 1.79. The van der Waals surface area contributed by atoms with E-state index in [-0.39, 0.29) is 0 Å². The van der Waals surface area contributed by atoms with Crippen LogP contribution in [0.3, 0.4) is 0 Å². The summed E-state index contributed by atoms with van der Waals surface area (Å²) < 4.78 is 0. The van der Waals surface area contributed by atoms with Gasteiger partial charge in [0.05, 0.1) is 0 Å². The maximum atomic E-state index is 3.40. The average molecular weight is 205 g/mol. The molecule has 0 radical (unpaired) electrons. The number of aryl methyl sites for hydroxylation is 2. The van der Waals surface area contributed by atoms with Crippen LogP contribution in [0.1, 0.15) is 31.4 Å². The molecule has 0 aliphatic carbocycles. The second-order valence-electron chi connectivity index (χ2n) is 4.38. The number of benzene rings is 1. The van der Waals surface area contributed by atoms with E-state index < -0.39 is 0 Å². The molecule has 1 rings (SSSR count). The summed E-state index contributed by atoms with van der Waals surface area (Å²) >= 11 is 0. The highest BCUT2D eigenvalue weighted by Gasteiger charge is 2.03. The van der Waals surface area contributed by atoms with Crippen LogP contribution in [-0.2, 0) is 6.42 Å². The van der Waals surface area contributed by atoms with Crippen LogP contribution >= 0.6 is 0 Å². The minimum absolute atomic E-state index is 0.768. The second-order valence-corrected chi connectivity index (χ2v) is 4.38. The Labute approximate surface area is 93.9 Å². The molecule has 0 bridgehead atoms. The molecule has 1 aromatic rings. The van der Waals surface area contributed by atoms with E-state index in [0.29, 0.717) is 0 Å². The molecule has 0 aromatic heterocycles. The molecule has 1 nitrogen and oxygen atoms in total. The second kappa shape index (κ2) is 6.62. The number of hydrogen-bond donors (Lipinski definition) is 1. The van der Waals surface area contributed by atoms with Crippen molar-refractivity contribution < 1.29 is 0 Å². The van der Waals surface area contributed by atoms with Crippen molar-refractivity contribution in [1.82, 2.24) is 5.32 Å². The molecule has 1 aromatic carbocycles. The minimum Gasteiger partial charge on any atom is -0.317 e. The molecule has 0 heterocycles. The highest BCUT2D eigenvalue weighted by Crippen LogP contribution is 2.12. The van der Waals surface area contributed by atoms with E-state index in [4.69, 9.17) is 0 Å². The monoisotopic (exact) mass is 205 g/mol. The van der Waals surface area contributed by atoms with Crippen molar-refractivity contribution in [3.8, 4) is 0 Å². The van der Waals surface area contributed by atoms with E-state index in [0.717, 1.165) is 19.0 Å². The van der Waals surface area contributed by atoms with Gasteiger partial charge in [0.1, 0.15) is 0 Å². The molecule has 0 aliphatic rings. The third-order valence-electron chi connectivity index (χ3n) is 2.91. The standard InChI is InChI=1S/C14H23N/c1-4-15-11-12(2)9-10-14-8-6-5-7-13(14)3/h5-8,12,15H,4,9-11H2,1-3H3. The topological polar surface area (TPSA) is 12.0 Å². The highest BCUT2D eigenvalue weighted by molar-refractivity contribution is 5.25. The van der Waals surface area contributed by atoms with Gasteiger partial charge in [-0.2, -0.15) is 0 Å². The van der Waals surface area contributed by atoms with Crippen molar-refractivity contribution in [2.75, 3.05) is 13.1 Å². The lowest BCUT2D eigenvalue weighted by molar-refractivity contribution is 0.489. The molecule has 0 amide bonds.